The van der Waals surface area contributed by atoms with Crippen LogP contribution < -0.4 is 16.7 Å². The van der Waals surface area contributed by atoms with E-state index in [0.29, 0.717) is 13.1 Å². The summed E-state index contributed by atoms with van der Waals surface area (Å²) in [5.41, 5.74) is 7.44. The lowest BCUT2D eigenvalue weighted by atomic mass is 9.88. The molecule has 2 heterocycles. The molecule has 176 valence electrons. The highest BCUT2D eigenvalue weighted by Gasteiger charge is 2.34. The summed E-state index contributed by atoms with van der Waals surface area (Å²) in [4.78, 5) is 27.5. The number of hydrogen-bond donors (Lipinski definition) is 2. The molecule has 2 aromatic rings. The van der Waals surface area contributed by atoms with Crippen LogP contribution >= 0.6 is 0 Å². The maximum Gasteiger partial charge on any atom is 0.329 e. The minimum Gasteiger partial charge on any atom is -0.352 e. The van der Waals surface area contributed by atoms with Crippen LogP contribution in [0.25, 0.3) is 11.0 Å². The molecule has 2 unspecified atom stereocenters. The Hall–Kier alpha value is -2.28. The highest BCUT2D eigenvalue weighted by atomic mass is 16.2. The van der Waals surface area contributed by atoms with Crippen LogP contribution in [0.1, 0.15) is 64.3 Å². The molecule has 2 atom stereocenters. The maximum absolute atomic E-state index is 13.4. The van der Waals surface area contributed by atoms with Crippen LogP contribution in [0.3, 0.4) is 0 Å². The lowest BCUT2D eigenvalue weighted by Gasteiger charge is -2.40. The zero-order valence-corrected chi connectivity index (χ0v) is 19.5. The monoisotopic (exact) mass is 441 g/mol. The van der Waals surface area contributed by atoms with Gasteiger partial charge >= 0.3 is 11.7 Å². The average Bonchev–Trinajstić information content (AvgIpc) is 3.05. The second kappa shape index (κ2) is 10.6. The number of piperidine rings is 1. The Kier molecular flexibility index (Phi) is 7.55. The van der Waals surface area contributed by atoms with Crippen LogP contribution in [-0.2, 0) is 6.54 Å². The number of aromatic nitrogens is 2. The van der Waals surface area contributed by atoms with Crippen molar-refractivity contribution in [2.75, 3.05) is 26.2 Å². The summed E-state index contributed by atoms with van der Waals surface area (Å²) in [5, 5.41) is 2.84. The van der Waals surface area contributed by atoms with E-state index in [-0.39, 0.29) is 17.6 Å². The third-order valence-corrected chi connectivity index (χ3v) is 7.57. The maximum atomic E-state index is 13.4. The van der Waals surface area contributed by atoms with Crippen molar-refractivity contribution >= 4 is 17.1 Å². The lowest BCUT2D eigenvalue weighted by molar-refractivity contribution is 0.102. The Bertz CT molecular complexity index is 957. The quantitative estimate of drug-likeness (QED) is 0.716. The van der Waals surface area contributed by atoms with Gasteiger partial charge < -0.3 is 16.0 Å². The van der Waals surface area contributed by atoms with Gasteiger partial charge in [-0.2, -0.15) is 0 Å². The fourth-order valence-electron chi connectivity index (χ4n) is 5.98. The first-order chi connectivity index (χ1) is 15.6. The van der Waals surface area contributed by atoms with Gasteiger partial charge in [0.2, 0.25) is 0 Å². The molecule has 1 aliphatic heterocycles. The summed E-state index contributed by atoms with van der Waals surface area (Å²) in [6, 6.07) is 7.62. The van der Waals surface area contributed by atoms with Gasteiger partial charge in [0.05, 0.1) is 11.0 Å². The number of aryl methyl sites for hydroxylation is 1. The van der Waals surface area contributed by atoms with Crippen LogP contribution in [0.5, 0.6) is 0 Å². The third kappa shape index (κ3) is 5.03. The molecule has 7 nitrogen and oxygen atoms in total. The predicted molar refractivity (Wildman–Crippen MR) is 129 cm³/mol. The molecule has 1 saturated carbocycles. The van der Waals surface area contributed by atoms with E-state index in [0.717, 1.165) is 43.0 Å². The average molecular weight is 442 g/mol. The number of rotatable bonds is 6. The number of nitrogens with two attached hydrogens (primary N) is 1. The fraction of sp³-hybridized carbons (Fsp3) is 0.680. The predicted octanol–water partition coefficient (Wildman–Crippen LogP) is 3.71. The van der Waals surface area contributed by atoms with Gasteiger partial charge in [-0.3, -0.25) is 9.13 Å². The van der Waals surface area contributed by atoms with Crippen LogP contribution in [-0.4, -0.2) is 46.2 Å². The van der Waals surface area contributed by atoms with E-state index in [1.807, 2.05) is 40.3 Å². The number of benzene rings is 1. The van der Waals surface area contributed by atoms with Crippen molar-refractivity contribution in [2.45, 2.75) is 70.9 Å². The lowest BCUT2D eigenvalue weighted by Crippen LogP contribution is -2.49. The Morgan fingerprint density at radius 1 is 1.06 bits per heavy atom. The van der Waals surface area contributed by atoms with Crippen molar-refractivity contribution in [3.8, 4) is 0 Å². The number of carbonyl (C=O) groups is 1. The van der Waals surface area contributed by atoms with Gasteiger partial charge in [0.1, 0.15) is 0 Å². The topological polar surface area (TPSA) is 85.3 Å². The zero-order valence-electron chi connectivity index (χ0n) is 19.5. The van der Waals surface area contributed by atoms with E-state index in [1.165, 1.54) is 44.9 Å². The molecule has 2 amide bonds. The van der Waals surface area contributed by atoms with Crippen LogP contribution in [0, 0.1) is 11.8 Å². The summed E-state index contributed by atoms with van der Waals surface area (Å²) in [6.07, 6.45) is 10.4. The number of hydrogen-bond acceptors (Lipinski definition) is 3. The number of primary amides is 1. The molecule has 0 spiro atoms. The normalized spacial score (nSPS) is 23.7. The molecule has 3 N–H and O–H groups in total. The largest absolute Gasteiger partial charge is 0.352 e. The van der Waals surface area contributed by atoms with E-state index >= 15 is 0 Å². The first kappa shape index (κ1) is 22.9. The second-order valence-electron chi connectivity index (χ2n) is 9.72. The van der Waals surface area contributed by atoms with Gasteiger partial charge in [-0.1, -0.05) is 44.2 Å². The number of carbonyl (C=O) groups excluding carboxylic acids is 1. The fourth-order valence-corrected chi connectivity index (χ4v) is 5.98. The standard InChI is InChI=1S/C25H39N5O2/c1-2-29-22-12-8-9-13-23(22)30(25(29)32)21-14-15-28(18-20(21)16-27-24(26)31)17-19-10-6-4-3-5-7-11-19/h8-9,12-13,19-21H,2-7,10-11,14-18H2,1H3,(H3,26,27,31). The van der Waals surface area contributed by atoms with E-state index in [1.54, 1.807) is 0 Å². The minimum atomic E-state index is -0.496. The zero-order chi connectivity index (χ0) is 22.5. The Morgan fingerprint density at radius 3 is 2.44 bits per heavy atom. The van der Waals surface area contributed by atoms with Crippen molar-refractivity contribution in [2.24, 2.45) is 17.6 Å². The van der Waals surface area contributed by atoms with Gasteiger partial charge in [0.25, 0.3) is 0 Å². The number of nitrogens with one attached hydrogen (secondary N) is 1. The number of amides is 2. The molecule has 4 rings (SSSR count). The van der Waals surface area contributed by atoms with E-state index in [2.05, 4.69) is 10.2 Å². The second-order valence-corrected chi connectivity index (χ2v) is 9.72. The van der Waals surface area contributed by atoms with Gasteiger partial charge in [-0.15, -0.1) is 0 Å². The van der Waals surface area contributed by atoms with Crippen molar-refractivity contribution in [3.63, 3.8) is 0 Å². The molecular formula is C25H39N5O2. The molecule has 32 heavy (non-hydrogen) atoms. The van der Waals surface area contributed by atoms with Crippen molar-refractivity contribution in [1.29, 1.82) is 0 Å². The van der Waals surface area contributed by atoms with Gasteiger partial charge in [-0.25, -0.2) is 9.59 Å². The summed E-state index contributed by atoms with van der Waals surface area (Å²) in [7, 11) is 0. The molecule has 0 bridgehead atoms. The summed E-state index contributed by atoms with van der Waals surface area (Å²) < 4.78 is 3.84. The molecule has 0 radical (unpaired) electrons. The number of nitrogens with zero attached hydrogens (tertiary/aromatic N) is 3. The van der Waals surface area contributed by atoms with Crippen molar-refractivity contribution in [3.05, 3.63) is 34.7 Å². The highest BCUT2D eigenvalue weighted by Crippen LogP contribution is 2.32. The van der Waals surface area contributed by atoms with E-state index in [9.17, 15) is 9.59 Å². The molecule has 1 aliphatic carbocycles. The van der Waals surface area contributed by atoms with Crippen LogP contribution in [0.15, 0.2) is 29.1 Å². The highest BCUT2D eigenvalue weighted by molar-refractivity contribution is 5.76. The van der Waals surface area contributed by atoms with Crippen molar-refractivity contribution < 1.29 is 4.79 Å². The number of imidazole rings is 1. The van der Waals surface area contributed by atoms with E-state index in [4.69, 9.17) is 5.73 Å². The van der Waals surface area contributed by atoms with Crippen LogP contribution in [0.2, 0.25) is 0 Å². The van der Waals surface area contributed by atoms with Gasteiger partial charge in [0.15, 0.2) is 0 Å². The minimum absolute atomic E-state index is 0.0521. The summed E-state index contributed by atoms with van der Waals surface area (Å²) >= 11 is 0. The molecule has 2 fully saturated rings. The Balaban J connectivity index is 1.56. The SMILES string of the molecule is CCn1c(=O)n(C2CCN(CC3CCCCCCC3)CC2CNC(N)=O)c2ccccc21. The third-order valence-electron chi connectivity index (χ3n) is 7.57. The number of fused-ring (bicyclic) bond motifs is 1. The Labute approximate surface area is 190 Å². The van der Waals surface area contributed by atoms with Gasteiger partial charge in [-0.05, 0) is 44.2 Å². The first-order valence-electron chi connectivity index (χ1n) is 12.5. The smallest absolute Gasteiger partial charge is 0.329 e. The summed E-state index contributed by atoms with van der Waals surface area (Å²) in [6.45, 7) is 6.18. The summed E-state index contributed by atoms with van der Waals surface area (Å²) in [5.74, 6) is 0.917. The molecular weight excluding hydrogens is 402 g/mol. The Morgan fingerprint density at radius 2 is 1.75 bits per heavy atom. The molecule has 1 saturated heterocycles. The number of para-hydroxylation sites is 2. The van der Waals surface area contributed by atoms with Gasteiger partial charge in [0, 0.05) is 44.7 Å². The molecule has 7 heteroatoms. The molecule has 2 aliphatic rings. The number of likely N-dealkylation sites (tertiary alicyclic amines) is 1. The van der Waals surface area contributed by atoms with E-state index < -0.39 is 6.03 Å². The number of urea groups is 1. The molecule has 1 aromatic carbocycles. The van der Waals surface area contributed by atoms with Crippen molar-refractivity contribution in [1.82, 2.24) is 19.4 Å². The van der Waals surface area contributed by atoms with Crippen LogP contribution in [0.4, 0.5) is 4.79 Å². The molecule has 1 aromatic heterocycles. The first-order valence-corrected chi connectivity index (χ1v) is 12.5.